The first kappa shape index (κ1) is 11.9. The van der Waals surface area contributed by atoms with Crippen molar-refractivity contribution in [3.63, 3.8) is 0 Å². The Morgan fingerprint density at radius 3 is 2.44 bits per heavy atom. The van der Waals surface area contributed by atoms with Crippen molar-refractivity contribution in [1.29, 1.82) is 0 Å². The van der Waals surface area contributed by atoms with E-state index in [1.54, 1.807) is 18.2 Å². The predicted octanol–water partition coefficient (Wildman–Crippen LogP) is 2.35. The monoisotopic (exact) mass is 239 g/mol. The Morgan fingerprint density at radius 1 is 1.06 bits per heavy atom. The number of nitrogens with zero attached hydrogens (tertiary/aromatic N) is 1. The number of hydrogen-bond donors (Lipinski definition) is 2. The molecule has 1 amide bonds. The zero-order chi connectivity index (χ0) is 12.8. The summed E-state index contributed by atoms with van der Waals surface area (Å²) >= 11 is 0. The molecule has 0 radical (unpaired) electrons. The number of pyridine rings is 1. The van der Waals surface area contributed by atoms with Crippen LogP contribution in [0.25, 0.3) is 10.9 Å². The molecule has 0 aliphatic rings. The topological polar surface area (TPSA) is 71.8 Å². The van der Waals surface area contributed by atoms with Crippen molar-refractivity contribution in [2.24, 2.45) is 5.73 Å². The Balaban J connectivity index is 0.000000134. The van der Waals surface area contributed by atoms with Gasteiger partial charge in [-0.1, -0.05) is 24.3 Å². The summed E-state index contributed by atoms with van der Waals surface area (Å²) in [5.74, 6) is -0.490. The van der Waals surface area contributed by atoms with Gasteiger partial charge >= 0.3 is 0 Å². The lowest BCUT2D eigenvalue weighted by atomic mass is 10.3. The van der Waals surface area contributed by atoms with E-state index in [-0.39, 0.29) is 0 Å². The molecule has 3 rings (SSSR count). The van der Waals surface area contributed by atoms with Crippen LogP contribution in [0.2, 0.25) is 0 Å². The van der Waals surface area contributed by atoms with E-state index < -0.39 is 5.91 Å². The normalized spacial score (nSPS) is 9.56. The first-order valence-corrected chi connectivity index (χ1v) is 5.50. The van der Waals surface area contributed by atoms with E-state index in [0.29, 0.717) is 5.69 Å². The highest BCUT2D eigenvalue weighted by molar-refractivity contribution is 5.90. The molecule has 0 spiro atoms. The first-order valence-electron chi connectivity index (χ1n) is 5.50. The van der Waals surface area contributed by atoms with Crippen LogP contribution in [-0.2, 0) is 0 Å². The molecule has 2 heterocycles. The van der Waals surface area contributed by atoms with Crippen LogP contribution in [0, 0.1) is 0 Å². The van der Waals surface area contributed by atoms with Crippen molar-refractivity contribution in [2.75, 3.05) is 0 Å². The first-order chi connectivity index (χ1) is 8.77. The van der Waals surface area contributed by atoms with E-state index >= 15 is 0 Å². The van der Waals surface area contributed by atoms with Crippen molar-refractivity contribution in [3.05, 3.63) is 66.6 Å². The number of carbonyl (C=O) groups excluding carboxylic acids is 1. The lowest BCUT2D eigenvalue weighted by molar-refractivity contribution is 0.0995. The van der Waals surface area contributed by atoms with Crippen molar-refractivity contribution in [2.45, 2.75) is 0 Å². The van der Waals surface area contributed by atoms with Crippen molar-refractivity contribution in [3.8, 4) is 0 Å². The Labute approximate surface area is 104 Å². The molecule has 0 unspecified atom stereocenters. The highest BCUT2D eigenvalue weighted by Gasteiger charge is 1.96. The second kappa shape index (κ2) is 5.63. The third-order valence-corrected chi connectivity index (χ3v) is 2.38. The van der Waals surface area contributed by atoms with Gasteiger partial charge in [-0.25, -0.2) is 0 Å². The van der Waals surface area contributed by atoms with Crippen LogP contribution in [0.1, 0.15) is 10.5 Å². The maximum absolute atomic E-state index is 10.4. The molecule has 3 N–H and O–H groups in total. The molecule has 0 bridgehead atoms. The van der Waals surface area contributed by atoms with Gasteiger partial charge in [0.2, 0.25) is 0 Å². The number of nitrogens with one attached hydrogen (secondary N) is 1. The smallest absolute Gasteiger partial charge is 0.267 e. The number of fused-ring (bicyclic) bond motifs is 1. The van der Waals surface area contributed by atoms with Crippen LogP contribution in [0.3, 0.4) is 0 Å². The summed E-state index contributed by atoms with van der Waals surface area (Å²) in [7, 11) is 0. The van der Waals surface area contributed by atoms with E-state index in [1.165, 1.54) is 17.1 Å². The van der Waals surface area contributed by atoms with Crippen molar-refractivity contribution in [1.82, 2.24) is 9.97 Å². The van der Waals surface area contributed by atoms with Gasteiger partial charge in [-0.3, -0.25) is 9.78 Å². The lowest BCUT2D eigenvalue weighted by Crippen LogP contribution is -2.12. The molecule has 18 heavy (non-hydrogen) atoms. The van der Waals surface area contributed by atoms with Crippen molar-refractivity contribution < 1.29 is 4.79 Å². The lowest BCUT2D eigenvalue weighted by Gasteiger charge is -1.88. The predicted molar refractivity (Wildman–Crippen MR) is 71.1 cm³/mol. The fraction of sp³-hybridized carbons (Fsp3) is 0. The molecule has 4 heteroatoms. The Kier molecular flexibility index (Phi) is 3.71. The van der Waals surface area contributed by atoms with Crippen LogP contribution < -0.4 is 5.73 Å². The number of aromatic nitrogens is 2. The van der Waals surface area contributed by atoms with Crippen LogP contribution in [0.4, 0.5) is 0 Å². The molecular formula is C14H13N3O. The van der Waals surface area contributed by atoms with Gasteiger partial charge in [-0.2, -0.15) is 0 Å². The van der Waals surface area contributed by atoms with E-state index in [4.69, 9.17) is 5.73 Å². The number of hydrogen-bond acceptors (Lipinski definition) is 2. The number of para-hydroxylation sites is 1. The third kappa shape index (κ3) is 2.95. The van der Waals surface area contributed by atoms with E-state index in [2.05, 4.69) is 28.2 Å². The molecule has 0 saturated carbocycles. The molecule has 3 aromatic rings. The van der Waals surface area contributed by atoms with Crippen molar-refractivity contribution >= 4 is 16.8 Å². The summed E-state index contributed by atoms with van der Waals surface area (Å²) in [6.07, 6.45) is 3.48. The number of aromatic amines is 1. The summed E-state index contributed by atoms with van der Waals surface area (Å²) < 4.78 is 0. The quantitative estimate of drug-likeness (QED) is 0.684. The van der Waals surface area contributed by atoms with Gasteiger partial charge in [0.25, 0.3) is 5.91 Å². The highest BCUT2D eigenvalue weighted by atomic mass is 16.1. The highest BCUT2D eigenvalue weighted by Crippen LogP contribution is 2.09. The molecule has 4 nitrogen and oxygen atoms in total. The third-order valence-electron chi connectivity index (χ3n) is 2.38. The average Bonchev–Trinajstić information content (AvgIpc) is 2.89. The molecule has 0 atom stereocenters. The van der Waals surface area contributed by atoms with Gasteiger partial charge in [0, 0.05) is 17.9 Å². The minimum Gasteiger partial charge on any atom is -0.364 e. The van der Waals surface area contributed by atoms with Gasteiger partial charge in [0.1, 0.15) is 5.69 Å². The van der Waals surface area contributed by atoms with E-state index in [1.807, 2.05) is 18.3 Å². The summed E-state index contributed by atoms with van der Waals surface area (Å²) in [4.78, 5) is 17.2. The van der Waals surface area contributed by atoms with Crippen LogP contribution in [0.5, 0.6) is 0 Å². The molecule has 90 valence electrons. The SMILES string of the molecule is NC(=O)c1ccccn1.c1ccc2[nH]ccc2c1. The number of H-pyrrole nitrogens is 1. The van der Waals surface area contributed by atoms with Gasteiger partial charge in [0.05, 0.1) is 0 Å². The van der Waals surface area contributed by atoms with Crippen LogP contribution in [0.15, 0.2) is 60.9 Å². The summed E-state index contributed by atoms with van der Waals surface area (Å²) in [6, 6.07) is 15.3. The standard InChI is InChI=1S/C8H7N.C6H6N2O/c1-2-4-8-7(3-1)5-6-9-8;7-6(9)5-3-1-2-4-8-5/h1-6,9H;1-4H,(H2,7,9). The van der Waals surface area contributed by atoms with Crippen LogP contribution in [-0.4, -0.2) is 15.9 Å². The average molecular weight is 239 g/mol. The summed E-state index contributed by atoms with van der Waals surface area (Å²) in [5, 5.41) is 1.28. The number of carbonyl (C=O) groups is 1. The number of benzene rings is 1. The second-order valence-corrected chi connectivity index (χ2v) is 3.64. The van der Waals surface area contributed by atoms with Gasteiger partial charge in [0.15, 0.2) is 0 Å². The second-order valence-electron chi connectivity index (χ2n) is 3.64. The fourth-order valence-electron chi connectivity index (χ4n) is 1.50. The number of amides is 1. The maximum atomic E-state index is 10.4. The minimum atomic E-state index is -0.490. The van der Waals surface area contributed by atoms with Crippen LogP contribution >= 0.6 is 0 Å². The van der Waals surface area contributed by atoms with Gasteiger partial charge in [-0.15, -0.1) is 0 Å². The number of primary amides is 1. The Bertz CT molecular complexity index is 601. The Hall–Kier alpha value is -2.62. The van der Waals surface area contributed by atoms with E-state index in [9.17, 15) is 4.79 Å². The summed E-state index contributed by atoms with van der Waals surface area (Å²) in [6.45, 7) is 0. The molecule has 1 aromatic carbocycles. The zero-order valence-electron chi connectivity index (χ0n) is 9.71. The molecule has 0 fully saturated rings. The molecule has 2 aromatic heterocycles. The molecule has 0 aliphatic carbocycles. The fourth-order valence-corrected chi connectivity index (χ4v) is 1.50. The van der Waals surface area contributed by atoms with E-state index in [0.717, 1.165) is 0 Å². The van der Waals surface area contributed by atoms with Gasteiger partial charge < -0.3 is 10.7 Å². The minimum absolute atomic E-state index is 0.303. The zero-order valence-corrected chi connectivity index (χ0v) is 9.71. The summed E-state index contributed by atoms with van der Waals surface area (Å²) in [5.41, 5.74) is 6.42. The Morgan fingerprint density at radius 2 is 1.83 bits per heavy atom. The number of rotatable bonds is 1. The number of nitrogens with two attached hydrogens (primary N) is 1. The maximum Gasteiger partial charge on any atom is 0.267 e. The molecule has 0 saturated heterocycles. The van der Waals surface area contributed by atoms with Gasteiger partial charge in [-0.05, 0) is 29.7 Å². The molecule has 0 aliphatic heterocycles. The molecular weight excluding hydrogens is 226 g/mol. The largest absolute Gasteiger partial charge is 0.364 e.